The van der Waals surface area contributed by atoms with Crippen LogP contribution in [0.5, 0.6) is 5.75 Å². The number of aromatic hydroxyl groups is 1. The molecule has 1 atom stereocenters. The highest BCUT2D eigenvalue weighted by Gasteiger charge is 2.29. The number of ether oxygens (including phenoxy) is 1. The predicted octanol–water partition coefficient (Wildman–Crippen LogP) is 3.11. The average Bonchev–Trinajstić information content (AvgIpc) is 2.99. The van der Waals surface area contributed by atoms with E-state index in [-0.39, 0.29) is 11.9 Å². The summed E-state index contributed by atoms with van der Waals surface area (Å²) in [6.45, 7) is 0. The zero-order valence-corrected chi connectivity index (χ0v) is 12.0. The summed E-state index contributed by atoms with van der Waals surface area (Å²) in [5.41, 5.74) is 0.488. The van der Waals surface area contributed by atoms with Gasteiger partial charge in [0.05, 0.1) is 11.8 Å². The Morgan fingerprint density at radius 1 is 1.33 bits per heavy atom. The number of rotatable bonds is 4. The molecule has 0 amide bonds. The van der Waals surface area contributed by atoms with Gasteiger partial charge in [-0.3, -0.25) is 4.98 Å². The van der Waals surface area contributed by atoms with E-state index in [1.807, 2.05) is 0 Å². The third-order valence-electron chi connectivity index (χ3n) is 4.06. The van der Waals surface area contributed by atoms with E-state index >= 15 is 0 Å². The molecule has 1 N–H and O–H groups in total. The van der Waals surface area contributed by atoms with E-state index in [9.17, 15) is 5.11 Å². The minimum absolute atomic E-state index is 0.0272. The van der Waals surface area contributed by atoms with Crippen molar-refractivity contribution in [3.8, 4) is 17.2 Å². The molecule has 1 unspecified atom stereocenters. The second-order valence-electron chi connectivity index (χ2n) is 5.40. The molecule has 0 radical (unpaired) electrons. The van der Waals surface area contributed by atoms with Crippen LogP contribution in [0, 0.1) is 5.92 Å². The molecule has 1 saturated carbocycles. The standard InChI is InChI=1S/C15H19N3O3/c1-20-13(10-5-3-2-4-6-10)14-17-15(21-18-14)11-7-8-16-9-12(11)19/h7-10,13,19H,2-6H2,1H3. The van der Waals surface area contributed by atoms with Crippen LogP contribution in [0.4, 0.5) is 0 Å². The summed E-state index contributed by atoms with van der Waals surface area (Å²) in [5.74, 6) is 1.30. The van der Waals surface area contributed by atoms with E-state index in [0.717, 1.165) is 12.8 Å². The zero-order chi connectivity index (χ0) is 14.7. The fraction of sp³-hybridized carbons (Fsp3) is 0.533. The van der Waals surface area contributed by atoms with Gasteiger partial charge in [-0.2, -0.15) is 4.98 Å². The van der Waals surface area contributed by atoms with Crippen molar-refractivity contribution in [1.29, 1.82) is 0 Å². The molecule has 6 nitrogen and oxygen atoms in total. The Bertz CT molecular complexity index is 593. The normalized spacial score (nSPS) is 17.8. The van der Waals surface area contributed by atoms with Crippen molar-refractivity contribution in [2.45, 2.75) is 38.2 Å². The molecule has 3 rings (SSSR count). The summed E-state index contributed by atoms with van der Waals surface area (Å²) >= 11 is 0. The molecular weight excluding hydrogens is 270 g/mol. The van der Waals surface area contributed by atoms with Gasteiger partial charge in [-0.15, -0.1) is 0 Å². The number of hydrogen-bond acceptors (Lipinski definition) is 6. The number of nitrogens with zero attached hydrogens (tertiary/aromatic N) is 3. The molecule has 1 fully saturated rings. The minimum Gasteiger partial charge on any atom is -0.505 e. The smallest absolute Gasteiger partial charge is 0.261 e. The third kappa shape index (κ3) is 2.90. The summed E-state index contributed by atoms with van der Waals surface area (Å²) in [7, 11) is 1.68. The van der Waals surface area contributed by atoms with E-state index in [1.165, 1.54) is 25.5 Å². The van der Waals surface area contributed by atoms with Gasteiger partial charge in [-0.25, -0.2) is 0 Å². The summed E-state index contributed by atoms with van der Waals surface area (Å²) in [6, 6.07) is 1.65. The quantitative estimate of drug-likeness (QED) is 0.931. The van der Waals surface area contributed by atoms with Gasteiger partial charge in [0.1, 0.15) is 11.9 Å². The predicted molar refractivity (Wildman–Crippen MR) is 75.5 cm³/mol. The van der Waals surface area contributed by atoms with Gasteiger partial charge in [0.25, 0.3) is 5.89 Å². The summed E-state index contributed by atoms with van der Waals surface area (Å²) in [5, 5.41) is 13.8. The molecule has 0 aliphatic heterocycles. The molecule has 0 spiro atoms. The van der Waals surface area contributed by atoms with Crippen LogP contribution in [-0.2, 0) is 4.74 Å². The van der Waals surface area contributed by atoms with E-state index in [4.69, 9.17) is 9.26 Å². The van der Waals surface area contributed by atoms with Crippen molar-refractivity contribution in [2.24, 2.45) is 5.92 Å². The maximum absolute atomic E-state index is 9.80. The van der Waals surface area contributed by atoms with Crippen LogP contribution < -0.4 is 0 Å². The van der Waals surface area contributed by atoms with Crippen molar-refractivity contribution in [1.82, 2.24) is 15.1 Å². The lowest BCUT2D eigenvalue weighted by Gasteiger charge is -2.26. The van der Waals surface area contributed by atoms with Crippen LogP contribution in [-0.4, -0.2) is 27.3 Å². The van der Waals surface area contributed by atoms with Gasteiger partial charge >= 0.3 is 0 Å². The third-order valence-corrected chi connectivity index (χ3v) is 4.06. The van der Waals surface area contributed by atoms with E-state index in [1.54, 1.807) is 19.4 Å². The summed E-state index contributed by atoms with van der Waals surface area (Å²) < 4.78 is 10.9. The Morgan fingerprint density at radius 2 is 2.14 bits per heavy atom. The van der Waals surface area contributed by atoms with Crippen molar-refractivity contribution >= 4 is 0 Å². The average molecular weight is 289 g/mol. The summed E-state index contributed by atoms with van der Waals surface area (Å²) in [6.07, 6.45) is 8.77. The van der Waals surface area contributed by atoms with E-state index in [2.05, 4.69) is 15.1 Å². The number of hydrogen-bond donors (Lipinski definition) is 1. The highest BCUT2D eigenvalue weighted by molar-refractivity contribution is 5.60. The van der Waals surface area contributed by atoms with Crippen LogP contribution in [0.1, 0.15) is 44.0 Å². The van der Waals surface area contributed by atoms with Crippen LogP contribution in [0.25, 0.3) is 11.5 Å². The van der Waals surface area contributed by atoms with Crippen molar-refractivity contribution in [3.05, 3.63) is 24.3 Å². The van der Waals surface area contributed by atoms with Crippen molar-refractivity contribution in [2.75, 3.05) is 7.11 Å². The second-order valence-corrected chi connectivity index (χ2v) is 5.40. The largest absolute Gasteiger partial charge is 0.505 e. The fourth-order valence-electron chi connectivity index (χ4n) is 2.97. The molecule has 0 saturated heterocycles. The van der Waals surface area contributed by atoms with E-state index < -0.39 is 0 Å². The first-order valence-electron chi connectivity index (χ1n) is 7.29. The maximum atomic E-state index is 9.80. The number of aromatic nitrogens is 3. The molecule has 2 aromatic heterocycles. The molecule has 112 valence electrons. The highest BCUT2D eigenvalue weighted by atomic mass is 16.5. The zero-order valence-electron chi connectivity index (χ0n) is 12.0. The topological polar surface area (TPSA) is 81.3 Å². The van der Waals surface area contributed by atoms with Crippen LogP contribution in [0.2, 0.25) is 0 Å². The van der Waals surface area contributed by atoms with Gasteiger partial charge in [0.2, 0.25) is 5.82 Å². The Hall–Kier alpha value is -1.95. The lowest BCUT2D eigenvalue weighted by Crippen LogP contribution is -2.19. The number of pyridine rings is 1. The highest BCUT2D eigenvalue weighted by Crippen LogP contribution is 2.36. The fourth-order valence-corrected chi connectivity index (χ4v) is 2.97. The van der Waals surface area contributed by atoms with Gasteiger partial charge in [-0.05, 0) is 24.8 Å². The van der Waals surface area contributed by atoms with Crippen LogP contribution >= 0.6 is 0 Å². The van der Waals surface area contributed by atoms with Gasteiger partial charge in [-0.1, -0.05) is 24.4 Å². The Kier molecular flexibility index (Phi) is 4.15. The monoisotopic (exact) mass is 289 g/mol. The number of methoxy groups -OCH3 is 1. The minimum atomic E-state index is -0.146. The van der Waals surface area contributed by atoms with Crippen molar-refractivity contribution in [3.63, 3.8) is 0 Å². The molecule has 1 aliphatic rings. The molecule has 6 heteroatoms. The molecule has 21 heavy (non-hydrogen) atoms. The molecular formula is C15H19N3O3. The molecule has 2 heterocycles. The maximum Gasteiger partial charge on any atom is 0.261 e. The lowest BCUT2D eigenvalue weighted by molar-refractivity contribution is 0.0274. The second kappa shape index (κ2) is 6.22. The first-order chi connectivity index (χ1) is 10.3. The van der Waals surface area contributed by atoms with Crippen LogP contribution in [0.15, 0.2) is 23.0 Å². The molecule has 0 bridgehead atoms. The SMILES string of the molecule is COC(c1noc(-c2ccncc2O)n1)C1CCCCC1. The van der Waals surface area contributed by atoms with Crippen molar-refractivity contribution < 1.29 is 14.4 Å². The first-order valence-corrected chi connectivity index (χ1v) is 7.29. The van der Waals surface area contributed by atoms with Gasteiger partial charge in [0, 0.05) is 13.3 Å². The van der Waals surface area contributed by atoms with E-state index in [0.29, 0.717) is 23.2 Å². The van der Waals surface area contributed by atoms with Crippen LogP contribution in [0.3, 0.4) is 0 Å². The Morgan fingerprint density at radius 3 is 2.86 bits per heavy atom. The Labute approximate surface area is 123 Å². The van der Waals surface area contributed by atoms with Gasteiger partial charge < -0.3 is 14.4 Å². The van der Waals surface area contributed by atoms with Gasteiger partial charge in [0.15, 0.2) is 0 Å². The summed E-state index contributed by atoms with van der Waals surface area (Å²) in [4.78, 5) is 8.23. The Balaban J connectivity index is 1.84. The molecule has 2 aromatic rings. The lowest BCUT2D eigenvalue weighted by atomic mass is 9.85. The molecule has 1 aliphatic carbocycles. The molecule has 0 aromatic carbocycles. The first kappa shape index (κ1) is 14.0.